The number of hydrogen-bond acceptors (Lipinski definition) is 3. The van der Waals surface area contributed by atoms with Gasteiger partial charge in [-0.1, -0.05) is 6.07 Å². The van der Waals surface area contributed by atoms with Gasteiger partial charge in [-0.25, -0.2) is 0 Å². The molecule has 0 aliphatic rings. The molecule has 2 aromatic carbocycles. The summed E-state index contributed by atoms with van der Waals surface area (Å²) in [5.74, 6) is 2.61. The summed E-state index contributed by atoms with van der Waals surface area (Å²) in [7, 11) is 3.38. The summed E-state index contributed by atoms with van der Waals surface area (Å²) in [4.78, 5) is 0. The van der Waals surface area contributed by atoms with Crippen LogP contribution in [0.1, 0.15) is 5.56 Å². The molecule has 0 N–H and O–H groups in total. The molecule has 2 aromatic rings. The Balaban J connectivity index is 2.57. The Labute approximate surface area is 107 Å². The second kappa shape index (κ2) is 5.32. The monoisotopic (exact) mass is 248 g/mol. The fourth-order valence-electron chi connectivity index (χ4n) is 1.93. The summed E-state index contributed by atoms with van der Waals surface area (Å²) in [5.41, 5.74) is 1.18. The fourth-order valence-corrected chi connectivity index (χ4v) is 2.18. The van der Waals surface area contributed by atoms with Crippen molar-refractivity contribution in [1.82, 2.24) is 0 Å². The van der Waals surface area contributed by atoms with E-state index < -0.39 is 0 Å². The molecule has 0 atom stereocenters. The Morgan fingerprint density at radius 2 is 1.82 bits per heavy atom. The third kappa shape index (κ3) is 2.50. The molecule has 3 heteroatoms. The van der Waals surface area contributed by atoms with E-state index in [2.05, 4.69) is 24.8 Å². The normalized spacial score (nSPS) is 10.5. The molecular weight excluding hydrogens is 232 g/mol. The summed E-state index contributed by atoms with van der Waals surface area (Å²) in [6, 6.07) is 10.2. The largest absolute Gasteiger partial charge is 0.497 e. The molecule has 17 heavy (non-hydrogen) atoms. The number of methoxy groups -OCH3 is 2. The minimum absolute atomic E-state index is 0.811. The van der Waals surface area contributed by atoms with Crippen molar-refractivity contribution in [2.45, 2.75) is 6.42 Å². The van der Waals surface area contributed by atoms with Crippen LogP contribution in [0.4, 0.5) is 0 Å². The van der Waals surface area contributed by atoms with Gasteiger partial charge in [0.15, 0.2) is 0 Å². The van der Waals surface area contributed by atoms with E-state index >= 15 is 0 Å². The van der Waals surface area contributed by atoms with Crippen LogP contribution in [0.15, 0.2) is 30.3 Å². The number of thiol groups is 1. The molecule has 0 bridgehead atoms. The summed E-state index contributed by atoms with van der Waals surface area (Å²) in [6.45, 7) is 0. The first-order valence-electron chi connectivity index (χ1n) is 5.54. The van der Waals surface area contributed by atoms with Crippen molar-refractivity contribution < 1.29 is 9.47 Å². The summed E-state index contributed by atoms with van der Waals surface area (Å²) < 4.78 is 10.6. The fraction of sp³-hybridized carbons (Fsp3) is 0.286. The molecule has 0 saturated heterocycles. The standard InChI is InChI=1S/C14H16O2S/c1-15-13-4-3-10-9-14(16-2)11(5-6-17)7-12(10)8-13/h3-4,7-9,17H,5-6H2,1-2H3. The number of benzene rings is 2. The van der Waals surface area contributed by atoms with Gasteiger partial charge in [0.1, 0.15) is 11.5 Å². The van der Waals surface area contributed by atoms with E-state index in [4.69, 9.17) is 9.47 Å². The van der Waals surface area contributed by atoms with Gasteiger partial charge in [-0.2, -0.15) is 12.6 Å². The second-order valence-electron chi connectivity index (χ2n) is 3.85. The summed E-state index contributed by atoms with van der Waals surface area (Å²) in [5, 5.41) is 2.33. The lowest BCUT2D eigenvalue weighted by atomic mass is 10.0. The van der Waals surface area contributed by atoms with Gasteiger partial charge in [-0.15, -0.1) is 0 Å². The Bertz CT molecular complexity index is 523. The molecule has 2 rings (SSSR count). The minimum atomic E-state index is 0.811. The molecule has 0 heterocycles. The molecule has 0 fully saturated rings. The molecule has 90 valence electrons. The number of aryl methyl sites for hydroxylation is 1. The van der Waals surface area contributed by atoms with Crippen molar-refractivity contribution in [3.8, 4) is 11.5 Å². The third-order valence-corrected chi connectivity index (χ3v) is 3.05. The predicted octanol–water partition coefficient (Wildman–Crippen LogP) is 3.33. The third-order valence-electron chi connectivity index (χ3n) is 2.83. The van der Waals surface area contributed by atoms with Gasteiger partial charge < -0.3 is 9.47 Å². The molecule has 0 spiro atoms. The van der Waals surface area contributed by atoms with Gasteiger partial charge in [0, 0.05) is 0 Å². The minimum Gasteiger partial charge on any atom is -0.497 e. The van der Waals surface area contributed by atoms with E-state index in [1.165, 1.54) is 10.9 Å². The first-order chi connectivity index (χ1) is 8.28. The highest BCUT2D eigenvalue weighted by Crippen LogP contribution is 2.29. The van der Waals surface area contributed by atoms with E-state index in [0.717, 1.165) is 29.1 Å². The van der Waals surface area contributed by atoms with Crippen LogP contribution in [0, 0.1) is 0 Å². The maximum Gasteiger partial charge on any atom is 0.122 e. The van der Waals surface area contributed by atoms with E-state index in [0.29, 0.717) is 0 Å². The number of hydrogen-bond donors (Lipinski definition) is 1. The Kier molecular flexibility index (Phi) is 3.79. The van der Waals surface area contributed by atoms with E-state index in [-0.39, 0.29) is 0 Å². The highest BCUT2D eigenvalue weighted by Gasteiger charge is 2.05. The number of rotatable bonds is 4. The molecule has 0 aliphatic carbocycles. The molecular formula is C14H16O2S. The van der Waals surface area contributed by atoms with Crippen molar-refractivity contribution in [3.63, 3.8) is 0 Å². The zero-order chi connectivity index (χ0) is 12.3. The van der Waals surface area contributed by atoms with Gasteiger partial charge in [-0.05, 0) is 52.8 Å². The lowest BCUT2D eigenvalue weighted by Gasteiger charge is -2.10. The maximum absolute atomic E-state index is 5.40. The molecule has 0 aliphatic heterocycles. The van der Waals surface area contributed by atoms with Crippen LogP contribution in [0.3, 0.4) is 0 Å². The van der Waals surface area contributed by atoms with Crippen LogP contribution >= 0.6 is 12.6 Å². The number of ether oxygens (including phenoxy) is 2. The second-order valence-corrected chi connectivity index (χ2v) is 4.30. The maximum atomic E-state index is 5.40. The van der Waals surface area contributed by atoms with Crippen molar-refractivity contribution in [2.75, 3.05) is 20.0 Å². The lowest BCUT2D eigenvalue weighted by molar-refractivity contribution is 0.410. The zero-order valence-corrected chi connectivity index (χ0v) is 11.0. The van der Waals surface area contributed by atoms with Crippen molar-refractivity contribution in [2.24, 2.45) is 0 Å². The molecule has 0 unspecified atom stereocenters. The molecule has 0 aromatic heterocycles. The smallest absolute Gasteiger partial charge is 0.122 e. The van der Waals surface area contributed by atoms with Crippen LogP contribution in [-0.4, -0.2) is 20.0 Å². The quantitative estimate of drug-likeness (QED) is 0.837. The first kappa shape index (κ1) is 12.1. The van der Waals surface area contributed by atoms with Crippen molar-refractivity contribution in [3.05, 3.63) is 35.9 Å². The van der Waals surface area contributed by atoms with Gasteiger partial charge in [-0.3, -0.25) is 0 Å². The molecule has 0 amide bonds. The van der Waals surface area contributed by atoms with Crippen LogP contribution in [0.2, 0.25) is 0 Å². The molecule has 0 radical (unpaired) electrons. The van der Waals surface area contributed by atoms with Gasteiger partial charge >= 0.3 is 0 Å². The Morgan fingerprint density at radius 1 is 1.00 bits per heavy atom. The topological polar surface area (TPSA) is 18.5 Å². The van der Waals surface area contributed by atoms with Gasteiger partial charge in [0.2, 0.25) is 0 Å². The van der Waals surface area contributed by atoms with Crippen LogP contribution in [0.5, 0.6) is 11.5 Å². The van der Waals surface area contributed by atoms with E-state index in [9.17, 15) is 0 Å². The Hall–Kier alpha value is -1.35. The van der Waals surface area contributed by atoms with Crippen LogP contribution in [-0.2, 0) is 6.42 Å². The average Bonchev–Trinajstić information content (AvgIpc) is 2.37. The van der Waals surface area contributed by atoms with Crippen molar-refractivity contribution in [1.29, 1.82) is 0 Å². The van der Waals surface area contributed by atoms with Gasteiger partial charge in [0.25, 0.3) is 0 Å². The average molecular weight is 248 g/mol. The summed E-state index contributed by atoms with van der Waals surface area (Å²) >= 11 is 4.27. The van der Waals surface area contributed by atoms with Crippen LogP contribution < -0.4 is 9.47 Å². The molecule has 0 saturated carbocycles. The molecule has 2 nitrogen and oxygen atoms in total. The van der Waals surface area contributed by atoms with Crippen LogP contribution in [0.25, 0.3) is 10.8 Å². The Morgan fingerprint density at radius 3 is 2.47 bits per heavy atom. The lowest BCUT2D eigenvalue weighted by Crippen LogP contribution is -1.94. The zero-order valence-electron chi connectivity index (χ0n) is 10.1. The number of fused-ring (bicyclic) bond motifs is 1. The van der Waals surface area contributed by atoms with E-state index in [1.54, 1.807) is 14.2 Å². The highest BCUT2D eigenvalue weighted by molar-refractivity contribution is 7.80. The van der Waals surface area contributed by atoms with E-state index in [1.807, 2.05) is 18.2 Å². The predicted molar refractivity (Wildman–Crippen MR) is 74.6 cm³/mol. The SMILES string of the molecule is COc1ccc2cc(OC)c(CCS)cc2c1. The highest BCUT2D eigenvalue weighted by atomic mass is 32.1. The van der Waals surface area contributed by atoms with Crippen molar-refractivity contribution >= 4 is 23.4 Å². The van der Waals surface area contributed by atoms with Gasteiger partial charge in [0.05, 0.1) is 14.2 Å². The summed E-state index contributed by atoms with van der Waals surface area (Å²) in [6.07, 6.45) is 0.902. The first-order valence-corrected chi connectivity index (χ1v) is 6.17.